The molecule has 6 nitrogen and oxygen atoms in total. The van der Waals surface area contributed by atoms with E-state index in [1.807, 2.05) is 54.6 Å². The minimum atomic E-state index is -1.18. The molecule has 29 heavy (non-hydrogen) atoms. The number of nitrogens with one attached hydrogen (secondary N) is 2. The van der Waals surface area contributed by atoms with E-state index in [0.29, 0.717) is 12.2 Å². The van der Waals surface area contributed by atoms with E-state index in [2.05, 4.69) is 27.5 Å². The largest absolute Gasteiger partial charge is 0.369 e. The molecule has 0 saturated carbocycles. The normalized spacial score (nSPS) is 15.1. The highest BCUT2D eigenvalue weighted by molar-refractivity contribution is 6.09. The zero-order valence-electron chi connectivity index (χ0n) is 17.4. The molecule has 0 atom stereocenters. The van der Waals surface area contributed by atoms with Gasteiger partial charge in [0, 0.05) is 44.1 Å². The van der Waals surface area contributed by atoms with Gasteiger partial charge in [-0.1, -0.05) is 30.3 Å². The number of rotatable bonds is 6. The third kappa shape index (κ3) is 5.35. The molecule has 0 aliphatic carbocycles. The molecule has 0 radical (unpaired) electrons. The SMILES string of the molecule is CN1CCN(c2ccc(NC(=O)C(C)(C)C(=O)NCc3ccccc3)cc2)CC1. The highest BCUT2D eigenvalue weighted by Crippen LogP contribution is 2.22. The van der Waals surface area contributed by atoms with Gasteiger partial charge >= 0.3 is 0 Å². The van der Waals surface area contributed by atoms with E-state index >= 15 is 0 Å². The van der Waals surface area contributed by atoms with Gasteiger partial charge in [-0.25, -0.2) is 0 Å². The zero-order chi connectivity index (χ0) is 20.9. The number of likely N-dealkylation sites (N-methyl/N-ethyl adjacent to an activating group) is 1. The first-order valence-corrected chi connectivity index (χ1v) is 10.0. The predicted octanol–water partition coefficient (Wildman–Crippen LogP) is 2.72. The van der Waals surface area contributed by atoms with Crippen molar-refractivity contribution in [3.8, 4) is 0 Å². The second-order valence-electron chi connectivity index (χ2n) is 8.08. The quantitative estimate of drug-likeness (QED) is 0.740. The average molecular weight is 395 g/mol. The Balaban J connectivity index is 1.55. The van der Waals surface area contributed by atoms with Crippen molar-refractivity contribution < 1.29 is 9.59 Å². The molecule has 1 heterocycles. The molecule has 0 aromatic heterocycles. The summed E-state index contributed by atoms with van der Waals surface area (Å²) >= 11 is 0. The van der Waals surface area contributed by atoms with E-state index in [9.17, 15) is 9.59 Å². The number of nitrogens with zero attached hydrogens (tertiary/aromatic N) is 2. The fourth-order valence-corrected chi connectivity index (χ4v) is 3.21. The zero-order valence-corrected chi connectivity index (χ0v) is 17.4. The fraction of sp³-hybridized carbons (Fsp3) is 0.391. The third-order valence-electron chi connectivity index (χ3n) is 5.42. The number of amides is 2. The Morgan fingerprint density at radius 1 is 0.897 bits per heavy atom. The number of piperazine rings is 1. The molecule has 1 fully saturated rings. The lowest BCUT2D eigenvalue weighted by Crippen LogP contribution is -2.45. The van der Waals surface area contributed by atoms with Gasteiger partial charge in [0.25, 0.3) is 0 Å². The fourth-order valence-electron chi connectivity index (χ4n) is 3.21. The van der Waals surface area contributed by atoms with Crippen molar-refractivity contribution in [2.45, 2.75) is 20.4 Å². The van der Waals surface area contributed by atoms with Gasteiger partial charge in [-0.3, -0.25) is 9.59 Å². The van der Waals surface area contributed by atoms with Crippen LogP contribution in [0, 0.1) is 5.41 Å². The summed E-state index contributed by atoms with van der Waals surface area (Å²) in [5.74, 6) is -0.622. The Morgan fingerprint density at radius 3 is 2.14 bits per heavy atom. The van der Waals surface area contributed by atoms with E-state index in [1.165, 1.54) is 0 Å². The summed E-state index contributed by atoms with van der Waals surface area (Å²) < 4.78 is 0. The van der Waals surface area contributed by atoms with Crippen molar-refractivity contribution in [3.63, 3.8) is 0 Å². The van der Waals surface area contributed by atoms with Crippen LogP contribution in [0.2, 0.25) is 0 Å². The molecule has 6 heteroatoms. The van der Waals surface area contributed by atoms with Crippen LogP contribution in [-0.2, 0) is 16.1 Å². The smallest absolute Gasteiger partial charge is 0.239 e. The van der Waals surface area contributed by atoms with Crippen molar-refractivity contribution in [2.24, 2.45) is 5.41 Å². The summed E-state index contributed by atoms with van der Waals surface area (Å²) in [6.07, 6.45) is 0. The van der Waals surface area contributed by atoms with Crippen LogP contribution in [0.3, 0.4) is 0 Å². The highest BCUT2D eigenvalue weighted by Gasteiger charge is 2.36. The summed E-state index contributed by atoms with van der Waals surface area (Å²) in [5, 5.41) is 5.72. The third-order valence-corrected chi connectivity index (χ3v) is 5.42. The van der Waals surface area contributed by atoms with Crippen LogP contribution in [0.15, 0.2) is 54.6 Å². The molecule has 154 valence electrons. The summed E-state index contributed by atoms with van der Waals surface area (Å²) in [7, 11) is 2.13. The Labute approximate surface area is 172 Å². The predicted molar refractivity (Wildman–Crippen MR) is 117 cm³/mol. The molecule has 1 aliphatic rings. The topological polar surface area (TPSA) is 64.7 Å². The summed E-state index contributed by atoms with van der Waals surface area (Å²) in [5.41, 5.74) is 1.66. The molecule has 2 aromatic rings. The van der Waals surface area contributed by atoms with Crippen LogP contribution in [0.4, 0.5) is 11.4 Å². The van der Waals surface area contributed by atoms with E-state index in [1.54, 1.807) is 13.8 Å². The Morgan fingerprint density at radius 2 is 1.52 bits per heavy atom. The standard InChI is InChI=1S/C23H30N4O2/c1-23(2,21(28)24-17-18-7-5-4-6-8-18)22(29)25-19-9-11-20(12-10-19)27-15-13-26(3)14-16-27/h4-12H,13-17H2,1-3H3,(H,24,28)(H,25,29). The highest BCUT2D eigenvalue weighted by atomic mass is 16.2. The average Bonchev–Trinajstić information content (AvgIpc) is 2.74. The first-order valence-electron chi connectivity index (χ1n) is 10.0. The maximum atomic E-state index is 12.7. The molecule has 0 spiro atoms. The van der Waals surface area contributed by atoms with Gasteiger partial charge in [-0.2, -0.15) is 0 Å². The van der Waals surface area contributed by atoms with Crippen LogP contribution in [0.25, 0.3) is 0 Å². The molecular weight excluding hydrogens is 364 g/mol. The molecule has 0 unspecified atom stereocenters. The molecular formula is C23H30N4O2. The lowest BCUT2D eigenvalue weighted by atomic mass is 9.90. The Hall–Kier alpha value is -2.86. The minimum Gasteiger partial charge on any atom is -0.369 e. The Bertz CT molecular complexity index is 826. The van der Waals surface area contributed by atoms with Crippen LogP contribution in [-0.4, -0.2) is 49.9 Å². The molecule has 2 amide bonds. The number of benzene rings is 2. The number of anilines is 2. The second-order valence-corrected chi connectivity index (χ2v) is 8.08. The monoisotopic (exact) mass is 394 g/mol. The van der Waals surface area contributed by atoms with Crippen molar-refractivity contribution in [2.75, 3.05) is 43.4 Å². The summed E-state index contributed by atoms with van der Waals surface area (Å²) in [4.78, 5) is 30.0. The molecule has 0 bridgehead atoms. The maximum absolute atomic E-state index is 12.7. The first-order chi connectivity index (χ1) is 13.9. The van der Waals surface area contributed by atoms with Gasteiger partial charge in [0.1, 0.15) is 5.41 Å². The number of carbonyl (C=O) groups is 2. The van der Waals surface area contributed by atoms with Crippen LogP contribution in [0.1, 0.15) is 19.4 Å². The van der Waals surface area contributed by atoms with Crippen molar-refractivity contribution >= 4 is 23.2 Å². The van der Waals surface area contributed by atoms with Crippen molar-refractivity contribution in [1.82, 2.24) is 10.2 Å². The van der Waals surface area contributed by atoms with Gasteiger partial charge in [-0.15, -0.1) is 0 Å². The van der Waals surface area contributed by atoms with Gasteiger partial charge in [-0.05, 0) is 50.7 Å². The molecule has 2 N–H and O–H groups in total. The van der Waals surface area contributed by atoms with Crippen molar-refractivity contribution in [1.29, 1.82) is 0 Å². The van der Waals surface area contributed by atoms with E-state index < -0.39 is 5.41 Å². The molecule has 3 rings (SSSR count). The lowest BCUT2D eigenvalue weighted by molar-refractivity contribution is -0.138. The van der Waals surface area contributed by atoms with Gasteiger partial charge < -0.3 is 20.4 Å². The van der Waals surface area contributed by atoms with Crippen LogP contribution >= 0.6 is 0 Å². The second kappa shape index (κ2) is 9.09. The number of carbonyl (C=O) groups excluding carboxylic acids is 2. The molecule has 1 aliphatic heterocycles. The minimum absolute atomic E-state index is 0.298. The summed E-state index contributed by atoms with van der Waals surface area (Å²) in [6, 6.07) is 17.5. The van der Waals surface area contributed by atoms with E-state index in [4.69, 9.17) is 0 Å². The van der Waals surface area contributed by atoms with Crippen molar-refractivity contribution in [3.05, 3.63) is 60.2 Å². The van der Waals surface area contributed by atoms with E-state index in [-0.39, 0.29) is 11.8 Å². The molecule has 1 saturated heterocycles. The first kappa shape index (κ1) is 20.9. The number of hydrogen-bond donors (Lipinski definition) is 2. The van der Waals surface area contributed by atoms with Gasteiger partial charge in [0.15, 0.2) is 0 Å². The van der Waals surface area contributed by atoms with Gasteiger partial charge in [0.2, 0.25) is 11.8 Å². The van der Waals surface area contributed by atoms with E-state index in [0.717, 1.165) is 37.4 Å². The van der Waals surface area contributed by atoms with Crippen LogP contribution in [0.5, 0.6) is 0 Å². The van der Waals surface area contributed by atoms with Crippen LogP contribution < -0.4 is 15.5 Å². The summed E-state index contributed by atoms with van der Waals surface area (Å²) in [6.45, 7) is 7.77. The lowest BCUT2D eigenvalue weighted by Gasteiger charge is -2.34. The molecule has 2 aromatic carbocycles. The van der Waals surface area contributed by atoms with Gasteiger partial charge in [0.05, 0.1) is 0 Å². The maximum Gasteiger partial charge on any atom is 0.239 e. The number of hydrogen-bond acceptors (Lipinski definition) is 4. The Kier molecular flexibility index (Phi) is 6.54.